The van der Waals surface area contributed by atoms with Crippen LogP contribution in [0, 0.1) is 0 Å². The molecule has 3 N–H and O–H groups in total. The summed E-state index contributed by atoms with van der Waals surface area (Å²) < 4.78 is 0.970. The quantitative estimate of drug-likeness (QED) is 0.341. The zero-order chi connectivity index (χ0) is 15.1. The lowest BCUT2D eigenvalue weighted by Crippen LogP contribution is -2.33. The van der Waals surface area contributed by atoms with E-state index in [1.54, 1.807) is 0 Å². The third kappa shape index (κ3) is 4.13. The molecule has 20 heavy (non-hydrogen) atoms. The molecule has 0 radical (unpaired) electrons. The monoisotopic (exact) mass is 341 g/mol. The van der Waals surface area contributed by atoms with Gasteiger partial charge in [-0.2, -0.15) is 0 Å². The van der Waals surface area contributed by atoms with Crippen LogP contribution in [0.15, 0.2) is 27.8 Å². The molecule has 4 nitrogen and oxygen atoms in total. The molecule has 0 saturated heterocycles. The van der Waals surface area contributed by atoms with E-state index in [2.05, 4.69) is 46.8 Å². The average Bonchev–Trinajstić information content (AvgIpc) is 2.47. The van der Waals surface area contributed by atoms with Gasteiger partial charge in [0.25, 0.3) is 0 Å². The average molecular weight is 342 g/mol. The van der Waals surface area contributed by atoms with Crippen LogP contribution in [0.2, 0.25) is 0 Å². The molecule has 0 aromatic heterocycles. The Kier molecular flexibility index (Phi) is 6.85. The second-order valence-corrected chi connectivity index (χ2v) is 5.81. The van der Waals surface area contributed by atoms with Crippen LogP contribution in [0.25, 0.3) is 0 Å². The van der Waals surface area contributed by atoms with E-state index >= 15 is 0 Å². The third-order valence-corrected chi connectivity index (χ3v) is 4.17. The number of hydrogen-bond donors (Lipinski definition) is 2. The Morgan fingerprint density at radius 3 is 2.65 bits per heavy atom. The molecule has 0 amide bonds. The highest BCUT2D eigenvalue weighted by Crippen LogP contribution is 2.29. The predicted molar refractivity (Wildman–Crippen MR) is 88.7 cm³/mol. The second-order valence-electron chi connectivity index (χ2n) is 4.96. The van der Waals surface area contributed by atoms with Crippen LogP contribution in [0.3, 0.4) is 0 Å². The fraction of sp³-hybridized carbons (Fsp3) is 0.533. The number of rotatable bonds is 7. The number of oxime groups is 1. The summed E-state index contributed by atoms with van der Waals surface area (Å²) in [5.74, 6) is 0.126. The van der Waals surface area contributed by atoms with E-state index in [9.17, 15) is 0 Å². The molecule has 0 heterocycles. The molecule has 0 bridgehead atoms. The minimum atomic E-state index is 0.126. The van der Waals surface area contributed by atoms with Crippen molar-refractivity contribution in [2.45, 2.75) is 46.1 Å². The number of halogens is 1. The van der Waals surface area contributed by atoms with Gasteiger partial charge < -0.3 is 15.8 Å². The summed E-state index contributed by atoms with van der Waals surface area (Å²) in [4.78, 5) is 2.41. The Morgan fingerprint density at radius 1 is 1.45 bits per heavy atom. The molecule has 1 atom stereocenters. The van der Waals surface area contributed by atoms with Gasteiger partial charge in [-0.15, -0.1) is 0 Å². The summed E-state index contributed by atoms with van der Waals surface area (Å²) in [5.41, 5.74) is 7.49. The van der Waals surface area contributed by atoms with Gasteiger partial charge in [-0.3, -0.25) is 0 Å². The first-order valence-electron chi connectivity index (χ1n) is 7.09. The van der Waals surface area contributed by atoms with Crippen molar-refractivity contribution in [3.05, 3.63) is 28.2 Å². The van der Waals surface area contributed by atoms with Gasteiger partial charge in [0.1, 0.15) is 0 Å². The molecule has 0 aliphatic rings. The van der Waals surface area contributed by atoms with Crippen molar-refractivity contribution < 1.29 is 5.21 Å². The van der Waals surface area contributed by atoms with Gasteiger partial charge in [0.05, 0.1) is 5.69 Å². The molecule has 0 saturated carbocycles. The topological polar surface area (TPSA) is 61.8 Å². The summed E-state index contributed by atoms with van der Waals surface area (Å²) in [7, 11) is 0. The van der Waals surface area contributed by atoms with E-state index in [0.29, 0.717) is 11.6 Å². The van der Waals surface area contributed by atoms with Crippen LogP contribution < -0.4 is 10.6 Å². The number of nitrogens with zero attached hydrogens (tertiary/aromatic N) is 2. The number of unbranched alkanes of at least 4 members (excludes halogenated alkanes) is 1. The largest absolute Gasteiger partial charge is 0.409 e. The van der Waals surface area contributed by atoms with Crippen molar-refractivity contribution >= 4 is 27.5 Å². The molecule has 1 aromatic rings. The Morgan fingerprint density at radius 2 is 2.15 bits per heavy atom. The maximum absolute atomic E-state index is 8.74. The van der Waals surface area contributed by atoms with Crippen molar-refractivity contribution in [1.29, 1.82) is 0 Å². The van der Waals surface area contributed by atoms with Crippen LogP contribution in [0.4, 0.5) is 5.69 Å². The first-order chi connectivity index (χ1) is 9.54. The van der Waals surface area contributed by atoms with Gasteiger partial charge in [-0.25, -0.2) is 0 Å². The molecule has 5 heteroatoms. The van der Waals surface area contributed by atoms with Crippen LogP contribution in [-0.2, 0) is 0 Å². The van der Waals surface area contributed by atoms with Crippen LogP contribution in [0.1, 0.15) is 45.6 Å². The van der Waals surface area contributed by atoms with E-state index in [1.807, 2.05) is 18.2 Å². The Hall–Kier alpha value is -1.23. The SMILES string of the molecule is CCCCN(c1ccc(/C(N)=N/O)cc1Br)C(C)CC. The molecule has 1 unspecified atom stereocenters. The number of amidine groups is 1. The van der Waals surface area contributed by atoms with E-state index in [1.165, 1.54) is 12.8 Å². The number of hydrogen-bond acceptors (Lipinski definition) is 3. The highest BCUT2D eigenvalue weighted by Gasteiger charge is 2.16. The highest BCUT2D eigenvalue weighted by atomic mass is 79.9. The lowest BCUT2D eigenvalue weighted by atomic mass is 10.1. The number of benzene rings is 1. The molecular formula is C15H24BrN3O. The van der Waals surface area contributed by atoms with Crippen LogP contribution >= 0.6 is 15.9 Å². The molecule has 0 aliphatic carbocycles. The highest BCUT2D eigenvalue weighted by molar-refractivity contribution is 9.10. The van der Waals surface area contributed by atoms with E-state index in [0.717, 1.165) is 23.1 Å². The normalized spacial score (nSPS) is 13.3. The molecule has 0 fully saturated rings. The van der Waals surface area contributed by atoms with E-state index in [-0.39, 0.29) is 5.84 Å². The van der Waals surface area contributed by atoms with Crippen molar-refractivity contribution in [2.24, 2.45) is 10.9 Å². The van der Waals surface area contributed by atoms with E-state index in [4.69, 9.17) is 10.9 Å². The standard InChI is InChI=1S/C15H24BrN3O/c1-4-6-9-19(11(3)5-2)14-8-7-12(10-13(14)16)15(17)18-20/h7-8,10-11,20H,4-6,9H2,1-3H3,(H2,17,18). The molecular weight excluding hydrogens is 318 g/mol. The van der Waals surface area contributed by atoms with Crippen LogP contribution in [0.5, 0.6) is 0 Å². The molecule has 1 rings (SSSR count). The summed E-state index contributed by atoms with van der Waals surface area (Å²) in [5, 5.41) is 11.8. The fourth-order valence-electron chi connectivity index (χ4n) is 2.08. The fourth-order valence-corrected chi connectivity index (χ4v) is 2.69. The number of anilines is 1. The van der Waals surface area contributed by atoms with Crippen molar-refractivity contribution in [1.82, 2.24) is 0 Å². The van der Waals surface area contributed by atoms with Gasteiger partial charge in [0.15, 0.2) is 5.84 Å². The first-order valence-corrected chi connectivity index (χ1v) is 7.88. The first kappa shape index (κ1) is 16.8. The lowest BCUT2D eigenvalue weighted by molar-refractivity contribution is 0.318. The minimum Gasteiger partial charge on any atom is -0.409 e. The van der Waals surface area contributed by atoms with Crippen molar-refractivity contribution in [3.8, 4) is 0 Å². The summed E-state index contributed by atoms with van der Waals surface area (Å²) in [6.45, 7) is 7.67. The van der Waals surface area contributed by atoms with E-state index < -0.39 is 0 Å². The van der Waals surface area contributed by atoms with Gasteiger partial charge >= 0.3 is 0 Å². The van der Waals surface area contributed by atoms with Gasteiger partial charge in [-0.05, 0) is 53.9 Å². The maximum atomic E-state index is 8.74. The Labute approximate surface area is 129 Å². The minimum absolute atomic E-state index is 0.126. The smallest absolute Gasteiger partial charge is 0.170 e. The third-order valence-electron chi connectivity index (χ3n) is 3.54. The molecule has 1 aromatic carbocycles. The summed E-state index contributed by atoms with van der Waals surface area (Å²) in [6, 6.07) is 6.29. The van der Waals surface area contributed by atoms with Crippen molar-refractivity contribution in [2.75, 3.05) is 11.4 Å². The predicted octanol–water partition coefficient (Wildman–Crippen LogP) is 3.95. The lowest BCUT2D eigenvalue weighted by Gasteiger charge is -2.32. The van der Waals surface area contributed by atoms with Gasteiger partial charge in [0, 0.05) is 22.6 Å². The van der Waals surface area contributed by atoms with Crippen molar-refractivity contribution in [3.63, 3.8) is 0 Å². The Balaban J connectivity index is 3.07. The molecule has 0 aliphatic heterocycles. The second kappa shape index (κ2) is 8.15. The molecule has 0 spiro atoms. The molecule has 112 valence electrons. The summed E-state index contributed by atoms with van der Waals surface area (Å²) >= 11 is 3.60. The zero-order valence-corrected chi connectivity index (χ0v) is 14.0. The maximum Gasteiger partial charge on any atom is 0.170 e. The van der Waals surface area contributed by atoms with Crippen LogP contribution in [-0.4, -0.2) is 23.6 Å². The van der Waals surface area contributed by atoms with Gasteiger partial charge in [0.2, 0.25) is 0 Å². The Bertz CT molecular complexity index is 462. The zero-order valence-electron chi connectivity index (χ0n) is 12.4. The number of nitrogens with two attached hydrogens (primary N) is 1. The summed E-state index contributed by atoms with van der Waals surface area (Å²) in [6.07, 6.45) is 3.43. The van der Waals surface area contributed by atoms with Gasteiger partial charge in [-0.1, -0.05) is 25.4 Å².